The summed E-state index contributed by atoms with van der Waals surface area (Å²) in [6, 6.07) is 8.74. The van der Waals surface area contributed by atoms with Crippen LogP contribution in [0.4, 0.5) is 0 Å². The molecular weight excluding hydrogens is 394 g/mol. The van der Waals surface area contributed by atoms with Crippen LogP contribution in [0.3, 0.4) is 0 Å². The fraction of sp³-hybridized carbons (Fsp3) is 0.438. The Kier molecular flexibility index (Phi) is 4.82. The van der Waals surface area contributed by atoms with E-state index in [0.717, 1.165) is 26.6 Å². The minimum Gasteiger partial charge on any atom is -0.324 e. The first-order valence-corrected chi connectivity index (χ1v) is 8.96. The Morgan fingerprint density at radius 3 is 2.76 bits per heavy atom. The molecule has 0 radical (unpaired) electrons. The van der Waals surface area contributed by atoms with E-state index in [4.69, 9.17) is 10.8 Å². The Labute approximate surface area is 142 Å². The van der Waals surface area contributed by atoms with E-state index < -0.39 is 0 Å². The first-order chi connectivity index (χ1) is 10.1. The molecular formula is C16H19Br2N3. The molecule has 2 N–H and O–H groups in total. The molecule has 0 saturated heterocycles. The normalized spacial score (nSPS) is 17.3. The number of nitrogens with zero attached hydrogens (tertiary/aromatic N) is 2. The molecule has 1 atom stereocenters. The van der Waals surface area contributed by atoms with Crippen molar-refractivity contribution in [2.45, 2.75) is 44.2 Å². The van der Waals surface area contributed by atoms with Crippen molar-refractivity contribution < 1.29 is 0 Å². The SMILES string of the molecule is NC(Cc1ccn(C2CCCC2)n1)c1cc(Br)ccc1Br. The molecule has 2 aromatic rings. The first-order valence-electron chi connectivity index (χ1n) is 7.38. The predicted octanol–water partition coefficient (Wildman–Crippen LogP) is 4.77. The van der Waals surface area contributed by atoms with E-state index in [1.807, 2.05) is 12.1 Å². The van der Waals surface area contributed by atoms with Gasteiger partial charge in [0.25, 0.3) is 0 Å². The van der Waals surface area contributed by atoms with Crippen LogP contribution >= 0.6 is 31.9 Å². The summed E-state index contributed by atoms with van der Waals surface area (Å²) in [5, 5.41) is 4.72. The summed E-state index contributed by atoms with van der Waals surface area (Å²) in [5.74, 6) is 0. The molecule has 112 valence electrons. The minimum atomic E-state index is -0.0520. The second kappa shape index (κ2) is 6.63. The Hall–Kier alpha value is -0.650. The van der Waals surface area contributed by atoms with Crippen LogP contribution in [0, 0.1) is 0 Å². The number of nitrogens with two attached hydrogens (primary N) is 1. The maximum absolute atomic E-state index is 6.36. The van der Waals surface area contributed by atoms with Gasteiger partial charge in [0.2, 0.25) is 0 Å². The van der Waals surface area contributed by atoms with Crippen LogP contribution in [0.25, 0.3) is 0 Å². The second-order valence-electron chi connectivity index (χ2n) is 5.70. The predicted molar refractivity (Wildman–Crippen MR) is 92.2 cm³/mol. The number of hydrogen-bond acceptors (Lipinski definition) is 2. The van der Waals surface area contributed by atoms with Gasteiger partial charge in [0, 0.05) is 27.6 Å². The summed E-state index contributed by atoms with van der Waals surface area (Å²) in [7, 11) is 0. The molecule has 0 amide bonds. The topological polar surface area (TPSA) is 43.8 Å². The zero-order valence-electron chi connectivity index (χ0n) is 11.8. The number of rotatable bonds is 4. The lowest BCUT2D eigenvalue weighted by Crippen LogP contribution is -2.15. The molecule has 1 aliphatic carbocycles. The Morgan fingerprint density at radius 2 is 2.00 bits per heavy atom. The summed E-state index contributed by atoms with van der Waals surface area (Å²) in [6.07, 6.45) is 8.02. The second-order valence-corrected chi connectivity index (χ2v) is 7.47. The third-order valence-electron chi connectivity index (χ3n) is 4.15. The van der Waals surface area contributed by atoms with Crippen LogP contribution < -0.4 is 5.73 Å². The highest BCUT2D eigenvalue weighted by molar-refractivity contribution is 9.11. The molecule has 1 unspecified atom stereocenters. The lowest BCUT2D eigenvalue weighted by molar-refractivity contribution is 0.461. The van der Waals surface area contributed by atoms with Gasteiger partial charge < -0.3 is 5.73 Å². The van der Waals surface area contributed by atoms with E-state index in [9.17, 15) is 0 Å². The molecule has 3 rings (SSSR count). The molecule has 0 bridgehead atoms. The van der Waals surface area contributed by atoms with Crippen molar-refractivity contribution in [3.63, 3.8) is 0 Å². The monoisotopic (exact) mass is 411 g/mol. The van der Waals surface area contributed by atoms with Gasteiger partial charge in [-0.2, -0.15) is 5.10 Å². The van der Waals surface area contributed by atoms with Crippen LogP contribution in [0.15, 0.2) is 39.4 Å². The number of benzene rings is 1. The molecule has 1 aromatic heterocycles. The highest BCUT2D eigenvalue weighted by Crippen LogP contribution is 2.30. The van der Waals surface area contributed by atoms with Crippen LogP contribution in [-0.2, 0) is 6.42 Å². The van der Waals surface area contributed by atoms with Crippen LogP contribution in [0.1, 0.15) is 49.0 Å². The van der Waals surface area contributed by atoms with E-state index in [2.05, 4.69) is 54.9 Å². The zero-order chi connectivity index (χ0) is 14.8. The van der Waals surface area contributed by atoms with Gasteiger partial charge in [0.05, 0.1) is 11.7 Å². The van der Waals surface area contributed by atoms with Crippen molar-refractivity contribution in [3.05, 3.63) is 50.7 Å². The van der Waals surface area contributed by atoms with Crippen molar-refractivity contribution in [2.24, 2.45) is 5.73 Å². The van der Waals surface area contributed by atoms with Crippen molar-refractivity contribution in [1.82, 2.24) is 9.78 Å². The van der Waals surface area contributed by atoms with Crippen molar-refractivity contribution in [3.8, 4) is 0 Å². The van der Waals surface area contributed by atoms with Gasteiger partial charge >= 0.3 is 0 Å². The highest BCUT2D eigenvalue weighted by Gasteiger charge is 2.18. The third kappa shape index (κ3) is 3.58. The third-order valence-corrected chi connectivity index (χ3v) is 5.36. The van der Waals surface area contributed by atoms with Gasteiger partial charge in [-0.25, -0.2) is 0 Å². The Bertz CT molecular complexity index is 618. The summed E-state index contributed by atoms with van der Waals surface area (Å²) in [5.41, 5.74) is 8.54. The van der Waals surface area contributed by atoms with Gasteiger partial charge in [0.15, 0.2) is 0 Å². The maximum Gasteiger partial charge on any atom is 0.0643 e. The summed E-state index contributed by atoms with van der Waals surface area (Å²) in [6.45, 7) is 0. The summed E-state index contributed by atoms with van der Waals surface area (Å²) < 4.78 is 4.23. The van der Waals surface area contributed by atoms with E-state index in [0.29, 0.717) is 6.04 Å². The van der Waals surface area contributed by atoms with Crippen LogP contribution in [0.5, 0.6) is 0 Å². The van der Waals surface area contributed by atoms with Gasteiger partial charge in [0.1, 0.15) is 0 Å². The Morgan fingerprint density at radius 1 is 1.24 bits per heavy atom. The van der Waals surface area contributed by atoms with Gasteiger partial charge in [-0.3, -0.25) is 4.68 Å². The maximum atomic E-state index is 6.36. The number of halogens is 2. The van der Waals surface area contributed by atoms with Gasteiger partial charge in [-0.15, -0.1) is 0 Å². The smallest absolute Gasteiger partial charge is 0.0643 e. The van der Waals surface area contributed by atoms with Crippen LogP contribution in [-0.4, -0.2) is 9.78 Å². The van der Waals surface area contributed by atoms with Gasteiger partial charge in [-0.1, -0.05) is 44.7 Å². The standard InChI is InChI=1S/C16H19Br2N3/c17-11-5-6-15(18)14(9-11)16(19)10-12-7-8-21(20-12)13-3-1-2-4-13/h5-9,13,16H,1-4,10,19H2. The molecule has 21 heavy (non-hydrogen) atoms. The molecule has 1 heterocycles. The van der Waals surface area contributed by atoms with E-state index >= 15 is 0 Å². The van der Waals surface area contributed by atoms with Crippen molar-refractivity contribution >= 4 is 31.9 Å². The zero-order valence-corrected chi connectivity index (χ0v) is 15.0. The largest absolute Gasteiger partial charge is 0.324 e. The molecule has 1 fully saturated rings. The van der Waals surface area contributed by atoms with Crippen molar-refractivity contribution in [2.75, 3.05) is 0 Å². The molecule has 3 nitrogen and oxygen atoms in total. The lowest BCUT2D eigenvalue weighted by atomic mass is 10.0. The quantitative estimate of drug-likeness (QED) is 0.786. The molecule has 1 aliphatic rings. The first kappa shape index (κ1) is 15.3. The lowest BCUT2D eigenvalue weighted by Gasteiger charge is -2.13. The number of hydrogen-bond donors (Lipinski definition) is 1. The average Bonchev–Trinajstić information content (AvgIpc) is 3.11. The molecule has 5 heteroatoms. The molecule has 0 aliphatic heterocycles. The van der Waals surface area contributed by atoms with E-state index in [1.54, 1.807) is 0 Å². The summed E-state index contributed by atoms with van der Waals surface area (Å²) in [4.78, 5) is 0. The van der Waals surface area contributed by atoms with E-state index in [1.165, 1.54) is 25.7 Å². The van der Waals surface area contributed by atoms with Gasteiger partial charge in [-0.05, 0) is 42.7 Å². The van der Waals surface area contributed by atoms with Crippen LogP contribution in [0.2, 0.25) is 0 Å². The fourth-order valence-electron chi connectivity index (χ4n) is 2.99. The Balaban J connectivity index is 1.72. The molecule has 1 aromatic carbocycles. The number of aromatic nitrogens is 2. The summed E-state index contributed by atoms with van der Waals surface area (Å²) >= 11 is 7.08. The molecule has 0 spiro atoms. The van der Waals surface area contributed by atoms with E-state index in [-0.39, 0.29) is 6.04 Å². The average molecular weight is 413 g/mol. The highest BCUT2D eigenvalue weighted by atomic mass is 79.9. The molecule has 1 saturated carbocycles. The fourth-order valence-corrected chi connectivity index (χ4v) is 3.91. The van der Waals surface area contributed by atoms with Crippen molar-refractivity contribution in [1.29, 1.82) is 0 Å². The minimum absolute atomic E-state index is 0.0520.